The maximum absolute atomic E-state index is 12.8. The number of ether oxygens (including phenoxy) is 2. The van der Waals surface area contributed by atoms with Gasteiger partial charge in [0.15, 0.2) is 5.82 Å². The van der Waals surface area contributed by atoms with E-state index in [1.165, 1.54) is 32.1 Å². The minimum atomic E-state index is -0.100. The molecule has 1 fully saturated rings. The molecule has 33 heavy (non-hydrogen) atoms. The first kappa shape index (κ1) is 22.8. The number of aromatic nitrogens is 2. The highest BCUT2D eigenvalue weighted by Gasteiger charge is 2.19. The van der Waals surface area contributed by atoms with Gasteiger partial charge in [0.05, 0.1) is 38.2 Å². The monoisotopic (exact) mass is 445 g/mol. The average molecular weight is 446 g/mol. The van der Waals surface area contributed by atoms with Gasteiger partial charge in [-0.25, -0.2) is 9.97 Å². The Hall–Kier alpha value is -3.41. The first-order valence-electron chi connectivity index (χ1n) is 11.6. The van der Waals surface area contributed by atoms with Crippen molar-refractivity contribution in [1.82, 2.24) is 9.97 Å². The summed E-state index contributed by atoms with van der Waals surface area (Å²) in [5.41, 5.74) is 3.56. The van der Waals surface area contributed by atoms with Gasteiger partial charge in [-0.15, -0.1) is 0 Å². The molecule has 1 aliphatic carbocycles. The molecule has 1 amide bonds. The second kappa shape index (κ2) is 10.9. The van der Waals surface area contributed by atoms with Gasteiger partial charge < -0.3 is 14.8 Å². The van der Waals surface area contributed by atoms with Crippen LogP contribution in [0.2, 0.25) is 0 Å². The average Bonchev–Trinajstić information content (AvgIpc) is 2.86. The molecule has 0 bridgehead atoms. The quantitative estimate of drug-likeness (QED) is 0.498. The lowest BCUT2D eigenvalue weighted by atomic mass is 9.86. The van der Waals surface area contributed by atoms with Crippen LogP contribution in [-0.2, 0) is 17.6 Å². The first-order valence-corrected chi connectivity index (χ1v) is 11.6. The Labute approximate surface area is 195 Å². The summed E-state index contributed by atoms with van der Waals surface area (Å²) in [5.74, 6) is 2.62. The highest BCUT2D eigenvalue weighted by atomic mass is 16.5. The van der Waals surface area contributed by atoms with E-state index >= 15 is 0 Å². The van der Waals surface area contributed by atoms with Crippen LogP contribution in [0.4, 0.5) is 5.82 Å². The van der Waals surface area contributed by atoms with Crippen molar-refractivity contribution in [1.29, 1.82) is 0 Å². The van der Waals surface area contributed by atoms with Gasteiger partial charge in [0.25, 0.3) is 0 Å². The van der Waals surface area contributed by atoms with Crippen molar-refractivity contribution in [2.45, 2.75) is 44.9 Å². The first-order chi connectivity index (χ1) is 16.1. The second-order valence-corrected chi connectivity index (χ2v) is 8.56. The third-order valence-corrected chi connectivity index (χ3v) is 6.22. The number of amides is 1. The molecule has 2 aromatic carbocycles. The summed E-state index contributed by atoms with van der Waals surface area (Å²) in [6.07, 6.45) is 9.06. The van der Waals surface area contributed by atoms with Crippen molar-refractivity contribution in [2.75, 3.05) is 19.5 Å². The molecule has 1 saturated carbocycles. The van der Waals surface area contributed by atoms with Gasteiger partial charge in [0.2, 0.25) is 5.91 Å². The van der Waals surface area contributed by atoms with Crippen molar-refractivity contribution in [2.24, 2.45) is 5.92 Å². The van der Waals surface area contributed by atoms with Gasteiger partial charge >= 0.3 is 0 Å². The van der Waals surface area contributed by atoms with Crippen molar-refractivity contribution in [3.8, 4) is 22.8 Å². The SMILES string of the molecule is COc1ccc(CC(=O)Nc2ncc(-c3ccc(OC)cc3)nc2CC2CCCCC2)cc1. The number of hydrogen-bond donors (Lipinski definition) is 1. The minimum Gasteiger partial charge on any atom is -0.497 e. The number of rotatable bonds is 8. The molecule has 4 rings (SSSR count). The normalized spacial score (nSPS) is 14.0. The smallest absolute Gasteiger partial charge is 0.229 e. The maximum atomic E-state index is 12.8. The molecule has 0 spiro atoms. The molecule has 1 aromatic heterocycles. The van der Waals surface area contributed by atoms with Crippen LogP contribution >= 0.6 is 0 Å². The summed E-state index contributed by atoms with van der Waals surface area (Å²) in [7, 11) is 3.28. The number of carbonyl (C=O) groups is 1. The number of carbonyl (C=O) groups excluding carboxylic acids is 1. The van der Waals surface area contributed by atoms with Crippen molar-refractivity contribution in [3.63, 3.8) is 0 Å². The Morgan fingerprint density at radius 2 is 1.58 bits per heavy atom. The zero-order valence-corrected chi connectivity index (χ0v) is 19.3. The van der Waals surface area contributed by atoms with Crippen LogP contribution in [0.3, 0.4) is 0 Å². The van der Waals surface area contributed by atoms with E-state index < -0.39 is 0 Å². The molecule has 0 aliphatic heterocycles. The lowest BCUT2D eigenvalue weighted by molar-refractivity contribution is -0.115. The minimum absolute atomic E-state index is 0.100. The van der Waals surface area contributed by atoms with E-state index in [4.69, 9.17) is 14.5 Å². The lowest BCUT2D eigenvalue weighted by Crippen LogP contribution is -2.19. The topological polar surface area (TPSA) is 73.3 Å². The van der Waals surface area contributed by atoms with Crippen LogP contribution in [0.15, 0.2) is 54.7 Å². The molecule has 172 valence electrons. The molecular formula is C27H31N3O3. The summed E-state index contributed by atoms with van der Waals surface area (Å²) >= 11 is 0. The number of nitrogens with zero attached hydrogens (tertiary/aromatic N) is 2. The third kappa shape index (κ3) is 6.09. The van der Waals surface area contributed by atoms with Crippen LogP contribution in [0, 0.1) is 5.92 Å². The van der Waals surface area contributed by atoms with E-state index in [9.17, 15) is 4.79 Å². The van der Waals surface area contributed by atoms with E-state index in [0.717, 1.165) is 40.4 Å². The molecule has 6 nitrogen and oxygen atoms in total. The zero-order valence-electron chi connectivity index (χ0n) is 19.3. The standard InChI is InChI=1S/C27H31N3O3/c1-32-22-12-8-20(9-13-22)17-26(31)30-27-24(16-19-6-4-3-5-7-19)29-25(18-28-27)21-10-14-23(33-2)15-11-21/h8-15,18-19H,3-7,16-17H2,1-2H3,(H,28,30,31). The Kier molecular flexibility index (Phi) is 7.55. The highest BCUT2D eigenvalue weighted by Crippen LogP contribution is 2.29. The second-order valence-electron chi connectivity index (χ2n) is 8.56. The molecule has 1 N–H and O–H groups in total. The summed E-state index contributed by atoms with van der Waals surface area (Å²) < 4.78 is 10.5. The van der Waals surface area contributed by atoms with E-state index in [1.807, 2.05) is 48.5 Å². The summed E-state index contributed by atoms with van der Waals surface area (Å²) in [4.78, 5) is 22.3. The van der Waals surface area contributed by atoms with Crippen molar-refractivity contribution in [3.05, 3.63) is 66.0 Å². The Balaban J connectivity index is 1.54. The highest BCUT2D eigenvalue weighted by molar-refractivity contribution is 5.92. The van der Waals surface area contributed by atoms with Crippen LogP contribution in [-0.4, -0.2) is 30.1 Å². The summed E-state index contributed by atoms with van der Waals surface area (Å²) in [6.45, 7) is 0. The fourth-order valence-corrected chi connectivity index (χ4v) is 4.34. The molecule has 0 unspecified atom stereocenters. The molecular weight excluding hydrogens is 414 g/mol. The number of hydrogen-bond acceptors (Lipinski definition) is 5. The fourth-order valence-electron chi connectivity index (χ4n) is 4.34. The van der Waals surface area contributed by atoms with E-state index in [2.05, 4.69) is 10.3 Å². The van der Waals surface area contributed by atoms with Gasteiger partial charge in [-0.3, -0.25) is 4.79 Å². The molecule has 1 heterocycles. The third-order valence-electron chi connectivity index (χ3n) is 6.22. The van der Waals surface area contributed by atoms with Crippen LogP contribution in [0.25, 0.3) is 11.3 Å². The number of nitrogens with one attached hydrogen (secondary N) is 1. The van der Waals surface area contributed by atoms with E-state index in [-0.39, 0.29) is 12.3 Å². The largest absolute Gasteiger partial charge is 0.497 e. The van der Waals surface area contributed by atoms with Gasteiger partial charge in [-0.2, -0.15) is 0 Å². The molecule has 0 atom stereocenters. The van der Waals surface area contributed by atoms with E-state index in [1.54, 1.807) is 20.4 Å². The summed E-state index contributed by atoms with van der Waals surface area (Å²) in [5, 5.41) is 3.01. The molecule has 0 radical (unpaired) electrons. The van der Waals surface area contributed by atoms with Crippen molar-refractivity contribution < 1.29 is 14.3 Å². The predicted molar refractivity (Wildman–Crippen MR) is 130 cm³/mol. The molecule has 1 aliphatic rings. The maximum Gasteiger partial charge on any atom is 0.229 e. The number of anilines is 1. The van der Waals surface area contributed by atoms with Crippen LogP contribution in [0.1, 0.15) is 43.4 Å². The zero-order chi connectivity index (χ0) is 23.0. The van der Waals surface area contributed by atoms with Crippen LogP contribution in [0.5, 0.6) is 11.5 Å². The summed E-state index contributed by atoms with van der Waals surface area (Å²) in [6, 6.07) is 15.3. The van der Waals surface area contributed by atoms with E-state index in [0.29, 0.717) is 11.7 Å². The van der Waals surface area contributed by atoms with Gasteiger partial charge in [-0.05, 0) is 54.3 Å². The number of benzene rings is 2. The molecule has 6 heteroatoms. The molecule has 3 aromatic rings. The lowest BCUT2D eigenvalue weighted by Gasteiger charge is -2.22. The van der Waals surface area contributed by atoms with Gasteiger partial charge in [0, 0.05) is 5.56 Å². The van der Waals surface area contributed by atoms with Crippen LogP contribution < -0.4 is 14.8 Å². The van der Waals surface area contributed by atoms with Gasteiger partial charge in [-0.1, -0.05) is 44.2 Å². The Bertz CT molecular complexity index is 1060. The predicted octanol–water partition coefficient (Wildman–Crippen LogP) is 5.46. The Morgan fingerprint density at radius 1 is 0.939 bits per heavy atom. The molecule has 0 saturated heterocycles. The number of methoxy groups -OCH3 is 2. The van der Waals surface area contributed by atoms with Gasteiger partial charge in [0.1, 0.15) is 11.5 Å². The fraction of sp³-hybridized carbons (Fsp3) is 0.370. The van der Waals surface area contributed by atoms with Crippen molar-refractivity contribution >= 4 is 11.7 Å². The Morgan fingerprint density at radius 3 is 2.21 bits per heavy atom.